The SMILES string of the molecule is O=c1[nH]c(=O)n(F)cc1OP(=O)(O)O. The summed E-state index contributed by atoms with van der Waals surface area (Å²) < 4.78 is 26.5. The molecule has 0 aliphatic rings. The van der Waals surface area contributed by atoms with Crippen molar-refractivity contribution in [2.24, 2.45) is 0 Å². The minimum Gasteiger partial charge on any atom is -0.397 e. The van der Waals surface area contributed by atoms with Gasteiger partial charge in [0.15, 0.2) is 0 Å². The van der Waals surface area contributed by atoms with E-state index >= 15 is 0 Å². The molecule has 0 aliphatic heterocycles. The molecule has 3 N–H and O–H groups in total. The maximum atomic E-state index is 12.4. The Morgan fingerprint density at radius 3 is 2.57 bits per heavy atom. The second-order valence-electron chi connectivity index (χ2n) is 2.15. The molecule has 1 heterocycles. The lowest BCUT2D eigenvalue weighted by Crippen LogP contribution is -2.26. The van der Waals surface area contributed by atoms with Crippen LogP contribution in [0.5, 0.6) is 5.75 Å². The number of phosphoric acid groups is 1. The molecule has 0 atom stereocenters. The molecule has 0 radical (unpaired) electrons. The summed E-state index contributed by atoms with van der Waals surface area (Å²) in [6.07, 6.45) is 0.222. The van der Waals surface area contributed by atoms with E-state index in [0.29, 0.717) is 0 Å². The molecule has 1 aromatic rings. The number of nitrogens with zero attached hydrogens (tertiary/aromatic N) is 1. The fourth-order valence-corrected chi connectivity index (χ4v) is 1.01. The molecule has 1 rings (SSSR count). The van der Waals surface area contributed by atoms with Crippen LogP contribution in [0.2, 0.25) is 0 Å². The van der Waals surface area contributed by atoms with Crippen molar-refractivity contribution in [2.45, 2.75) is 0 Å². The van der Waals surface area contributed by atoms with Gasteiger partial charge in [-0.1, -0.05) is 4.48 Å². The van der Waals surface area contributed by atoms with E-state index in [-0.39, 0.29) is 6.20 Å². The zero-order chi connectivity index (χ0) is 10.9. The van der Waals surface area contributed by atoms with Gasteiger partial charge in [0, 0.05) is 0 Å². The molecular weight excluding hydrogens is 222 g/mol. The largest absolute Gasteiger partial charge is 0.525 e. The van der Waals surface area contributed by atoms with Crippen molar-refractivity contribution in [1.29, 1.82) is 0 Å². The quantitative estimate of drug-likeness (QED) is 0.541. The average molecular weight is 226 g/mol. The smallest absolute Gasteiger partial charge is 0.397 e. The summed E-state index contributed by atoms with van der Waals surface area (Å²) in [5, 5.41) is 0. The van der Waals surface area contributed by atoms with E-state index in [1.807, 2.05) is 0 Å². The van der Waals surface area contributed by atoms with Crippen LogP contribution in [0, 0.1) is 0 Å². The summed E-state index contributed by atoms with van der Waals surface area (Å²) in [5.74, 6) is -0.986. The third-order valence-electron chi connectivity index (χ3n) is 1.09. The fourth-order valence-electron chi connectivity index (χ4n) is 0.625. The van der Waals surface area contributed by atoms with Crippen LogP contribution in [0.1, 0.15) is 0 Å². The molecule has 78 valence electrons. The van der Waals surface area contributed by atoms with Gasteiger partial charge in [0.25, 0.3) is 5.56 Å². The zero-order valence-corrected chi connectivity index (χ0v) is 7.27. The van der Waals surface area contributed by atoms with Crippen molar-refractivity contribution in [3.05, 3.63) is 27.0 Å². The highest BCUT2D eigenvalue weighted by molar-refractivity contribution is 7.46. The van der Waals surface area contributed by atoms with Crippen LogP contribution in [0.25, 0.3) is 0 Å². The topological polar surface area (TPSA) is 122 Å². The van der Waals surface area contributed by atoms with E-state index in [2.05, 4.69) is 4.52 Å². The van der Waals surface area contributed by atoms with Gasteiger partial charge in [0.1, 0.15) is 0 Å². The highest BCUT2D eigenvalue weighted by atomic mass is 31.2. The summed E-state index contributed by atoms with van der Waals surface area (Å²) in [5.41, 5.74) is -2.60. The van der Waals surface area contributed by atoms with Crippen LogP contribution in [-0.2, 0) is 4.57 Å². The van der Waals surface area contributed by atoms with E-state index in [9.17, 15) is 18.6 Å². The standard InChI is InChI=1S/C4H4FN2O6P/c5-7-1-2(13-14(10,11)12)3(8)6-4(7)9/h1H,(H,6,8,9)(H2,10,11,12). The second kappa shape index (κ2) is 3.37. The molecule has 0 fully saturated rings. The molecule has 0 unspecified atom stereocenters. The average Bonchev–Trinajstić information content (AvgIpc) is 1.97. The molecule has 14 heavy (non-hydrogen) atoms. The summed E-state index contributed by atoms with van der Waals surface area (Å²) in [6.45, 7) is 0. The van der Waals surface area contributed by atoms with Gasteiger partial charge in [-0.15, -0.1) is 4.79 Å². The van der Waals surface area contributed by atoms with E-state index in [1.54, 1.807) is 0 Å². The molecule has 1 aromatic heterocycles. The van der Waals surface area contributed by atoms with Crippen LogP contribution in [0.15, 0.2) is 15.8 Å². The summed E-state index contributed by atoms with van der Waals surface area (Å²) in [6, 6.07) is 0. The third-order valence-corrected chi connectivity index (χ3v) is 1.52. The molecule has 0 saturated heterocycles. The molecule has 0 aliphatic carbocycles. The Labute approximate surface area is 74.8 Å². The number of aromatic nitrogens is 2. The number of phosphoric ester groups is 1. The minimum absolute atomic E-state index is 0.222. The van der Waals surface area contributed by atoms with Crippen LogP contribution in [0.4, 0.5) is 4.48 Å². The van der Waals surface area contributed by atoms with Gasteiger partial charge in [-0.05, 0) is 0 Å². The van der Waals surface area contributed by atoms with Gasteiger partial charge in [-0.2, -0.15) is 0 Å². The molecule has 0 aromatic carbocycles. The Morgan fingerprint density at radius 1 is 1.50 bits per heavy atom. The monoisotopic (exact) mass is 226 g/mol. The molecule has 8 nitrogen and oxygen atoms in total. The van der Waals surface area contributed by atoms with Crippen LogP contribution < -0.4 is 15.8 Å². The zero-order valence-electron chi connectivity index (χ0n) is 6.38. The first-order chi connectivity index (χ1) is 6.29. The van der Waals surface area contributed by atoms with Crippen LogP contribution in [-0.4, -0.2) is 19.6 Å². The van der Waals surface area contributed by atoms with E-state index in [4.69, 9.17) is 9.79 Å². The van der Waals surface area contributed by atoms with Gasteiger partial charge in [0.2, 0.25) is 5.75 Å². The van der Waals surface area contributed by atoms with Crippen molar-refractivity contribution in [3.63, 3.8) is 0 Å². The Hall–Kier alpha value is -1.44. The van der Waals surface area contributed by atoms with Gasteiger partial charge in [0.05, 0.1) is 6.20 Å². The molecule has 0 saturated carbocycles. The lowest BCUT2D eigenvalue weighted by atomic mass is 10.6. The Morgan fingerprint density at radius 2 is 2.07 bits per heavy atom. The van der Waals surface area contributed by atoms with Crippen molar-refractivity contribution < 1.29 is 23.4 Å². The van der Waals surface area contributed by atoms with Gasteiger partial charge >= 0.3 is 13.5 Å². The van der Waals surface area contributed by atoms with E-state index in [1.165, 1.54) is 4.98 Å². The number of hydrogen-bond acceptors (Lipinski definition) is 4. The van der Waals surface area contributed by atoms with Crippen molar-refractivity contribution in [2.75, 3.05) is 0 Å². The molecule has 0 spiro atoms. The summed E-state index contributed by atoms with van der Waals surface area (Å²) >= 11 is 0. The molecule has 0 amide bonds. The predicted octanol–water partition coefficient (Wildman–Crippen LogP) is -1.26. The number of nitrogens with one attached hydrogen (secondary N) is 1. The Kier molecular flexibility index (Phi) is 2.56. The molecule has 0 bridgehead atoms. The van der Waals surface area contributed by atoms with Crippen molar-refractivity contribution in [3.8, 4) is 5.75 Å². The molecule has 10 heteroatoms. The van der Waals surface area contributed by atoms with Crippen molar-refractivity contribution >= 4 is 7.82 Å². The second-order valence-corrected chi connectivity index (χ2v) is 3.31. The van der Waals surface area contributed by atoms with Gasteiger partial charge in [-0.3, -0.25) is 19.6 Å². The molecular formula is C4H4FN2O6P. The highest BCUT2D eigenvalue weighted by Gasteiger charge is 2.19. The Balaban J connectivity index is 3.24. The first-order valence-electron chi connectivity index (χ1n) is 3.07. The number of hydrogen-bond donors (Lipinski definition) is 3. The number of aromatic amines is 1. The number of rotatable bonds is 2. The maximum absolute atomic E-state index is 12.4. The fraction of sp³-hybridized carbons (Fsp3) is 0. The summed E-state index contributed by atoms with van der Waals surface area (Å²) in [4.78, 5) is 38.6. The minimum atomic E-state index is -4.95. The first-order valence-corrected chi connectivity index (χ1v) is 4.60. The van der Waals surface area contributed by atoms with Gasteiger partial charge in [-0.25, -0.2) is 9.36 Å². The normalized spacial score (nSPS) is 11.4. The van der Waals surface area contributed by atoms with Crippen LogP contribution >= 0.6 is 7.82 Å². The van der Waals surface area contributed by atoms with Crippen molar-refractivity contribution in [1.82, 2.24) is 9.77 Å². The van der Waals surface area contributed by atoms with Crippen LogP contribution in [0.3, 0.4) is 0 Å². The van der Waals surface area contributed by atoms with Gasteiger partial charge < -0.3 is 4.52 Å². The number of H-pyrrole nitrogens is 1. The lowest BCUT2D eigenvalue weighted by molar-refractivity contribution is 0.275. The highest BCUT2D eigenvalue weighted by Crippen LogP contribution is 2.35. The first kappa shape index (κ1) is 10.6. The maximum Gasteiger partial charge on any atom is 0.525 e. The van der Waals surface area contributed by atoms with E-state index < -0.39 is 29.6 Å². The Bertz CT molecular complexity index is 499. The lowest BCUT2D eigenvalue weighted by Gasteiger charge is -2.04. The number of halogens is 1. The summed E-state index contributed by atoms with van der Waals surface area (Å²) in [7, 11) is -4.95. The predicted molar refractivity (Wildman–Crippen MR) is 40.5 cm³/mol. The van der Waals surface area contributed by atoms with E-state index in [0.717, 1.165) is 0 Å². The third kappa shape index (κ3) is 2.52.